The highest BCUT2D eigenvalue weighted by Gasteiger charge is 2.78. The van der Waals surface area contributed by atoms with E-state index < -0.39 is 70.2 Å². The van der Waals surface area contributed by atoms with Crippen LogP contribution in [-0.4, -0.2) is 161 Å². The third-order valence-electron chi connectivity index (χ3n) is 16.6. The first kappa shape index (κ1) is 44.9. The van der Waals surface area contributed by atoms with Gasteiger partial charge in [-0.25, -0.2) is 0 Å². The smallest absolute Gasteiger partial charge is 0.322 e. The lowest BCUT2D eigenvalue weighted by molar-refractivity contribution is -0.203. The molecule has 9 N–H and O–H groups in total. The highest BCUT2D eigenvalue weighted by Crippen LogP contribution is 2.67. The second-order valence-electron chi connectivity index (χ2n) is 19.6. The largest absolute Gasteiger partial charge is 0.496 e. The molecule has 346 valence electrons. The lowest BCUT2D eigenvalue weighted by atomic mass is 9.47. The van der Waals surface area contributed by atoms with Crippen LogP contribution in [0.3, 0.4) is 0 Å². The van der Waals surface area contributed by atoms with E-state index >= 15 is 4.79 Å². The van der Waals surface area contributed by atoms with E-state index in [1.165, 1.54) is 19.3 Å². The SMILES string of the molecule is CC[C@]1(O)CC2CN(CCc3c([nH]c4ccccc34)[C@@](C(=O)OC)(c3cc4c(cc3OC)N(C)[C@H]3C(O)(C(=O)NC/C=C/[C@@H](O)[C@@H](N)CO)[C@H](O)[C@]5(CC)C=CCN6CCC43[C@@H]65)C2)C1. The molecule has 6 aliphatic rings. The van der Waals surface area contributed by atoms with E-state index in [0.717, 1.165) is 33.4 Å². The first-order chi connectivity index (χ1) is 30.6. The maximum Gasteiger partial charge on any atom is 0.322 e. The van der Waals surface area contributed by atoms with Gasteiger partial charge in [0, 0.05) is 90.6 Å². The zero-order chi connectivity index (χ0) is 45.6. The van der Waals surface area contributed by atoms with Gasteiger partial charge in [0.25, 0.3) is 5.91 Å². The first-order valence-electron chi connectivity index (χ1n) is 23.0. The molecule has 5 aliphatic heterocycles. The van der Waals surface area contributed by atoms with Gasteiger partial charge in [0.15, 0.2) is 5.60 Å². The van der Waals surface area contributed by atoms with Crippen LogP contribution in [0.1, 0.15) is 68.3 Å². The van der Waals surface area contributed by atoms with Gasteiger partial charge in [-0.1, -0.05) is 56.4 Å². The Balaban J connectivity index is 1.27. The van der Waals surface area contributed by atoms with Crippen molar-refractivity contribution < 1.29 is 44.6 Å². The van der Waals surface area contributed by atoms with Crippen molar-refractivity contribution >= 4 is 28.5 Å². The van der Waals surface area contributed by atoms with Crippen LogP contribution < -0.4 is 20.7 Å². The molecule has 1 spiro atoms. The van der Waals surface area contributed by atoms with E-state index in [1.54, 1.807) is 7.11 Å². The number of benzene rings is 2. The summed E-state index contributed by atoms with van der Waals surface area (Å²) < 4.78 is 12.3. The van der Waals surface area contributed by atoms with Crippen molar-refractivity contribution in [1.29, 1.82) is 0 Å². The molecule has 2 aromatic carbocycles. The zero-order valence-corrected chi connectivity index (χ0v) is 37.7. The predicted octanol–water partition coefficient (Wildman–Crippen LogP) is 1.60. The van der Waals surface area contributed by atoms with Gasteiger partial charge in [0.05, 0.1) is 44.6 Å². The lowest BCUT2D eigenvalue weighted by Crippen LogP contribution is -2.81. The summed E-state index contributed by atoms with van der Waals surface area (Å²) >= 11 is 0. The maximum absolute atomic E-state index is 15.4. The number of hydrogen-bond acceptors (Lipinski definition) is 13. The van der Waals surface area contributed by atoms with E-state index in [4.69, 9.17) is 15.2 Å². The number of carbonyl (C=O) groups excluding carboxylic acids is 2. The molecule has 9 rings (SSSR count). The van der Waals surface area contributed by atoms with Gasteiger partial charge in [-0.05, 0) is 74.2 Å². The number of nitrogens with zero attached hydrogens (tertiary/aromatic N) is 3. The number of piperidine rings is 1. The van der Waals surface area contributed by atoms with Crippen molar-refractivity contribution in [1.82, 2.24) is 20.1 Å². The fourth-order valence-corrected chi connectivity index (χ4v) is 13.8. The molecule has 3 fully saturated rings. The van der Waals surface area contributed by atoms with Crippen LogP contribution in [0.4, 0.5) is 5.69 Å². The van der Waals surface area contributed by atoms with Crippen LogP contribution in [-0.2, 0) is 31.6 Å². The molecule has 15 heteroatoms. The third kappa shape index (κ3) is 6.21. The van der Waals surface area contributed by atoms with Crippen molar-refractivity contribution in [2.45, 2.75) is 105 Å². The Hall–Kier alpha value is -4.32. The van der Waals surface area contributed by atoms with Gasteiger partial charge in [0.1, 0.15) is 17.3 Å². The lowest BCUT2D eigenvalue weighted by Gasteiger charge is -2.63. The average molecular weight is 883 g/mol. The van der Waals surface area contributed by atoms with E-state index in [9.17, 15) is 30.3 Å². The molecule has 1 amide bonds. The summed E-state index contributed by atoms with van der Waals surface area (Å²) in [6, 6.07) is 9.92. The van der Waals surface area contributed by atoms with Gasteiger partial charge in [0.2, 0.25) is 0 Å². The van der Waals surface area contributed by atoms with Crippen LogP contribution in [0, 0.1) is 11.3 Å². The number of likely N-dealkylation sites (N-methyl/N-ethyl adjacent to an activating group) is 1. The summed E-state index contributed by atoms with van der Waals surface area (Å²) in [5, 5.41) is 61.8. The number of hydrogen-bond donors (Lipinski definition) is 8. The van der Waals surface area contributed by atoms with Crippen molar-refractivity contribution in [3.8, 4) is 5.75 Å². The highest BCUT2D eigenvalue weighted by atomic mass is 16.5. The quantitative estimate of drug-likeness (QED) is 0.102. The fraction of sp³-hybridized carbons (Fsp3) is 0.592. The molecular weight excluding hydrogens is 817 g/mol. The summed E-state index contributed by atoms with van der Waals surface area (Å²) in [4.78, 5) is 40.6. The molecule has 3 aromatic rings. The second-order valence-corrected chi connectivity index (χ2v) is 19.6. The topological polar surface area (TPSA) is 217 Å². The number of aliphatic hydroxyl groups is 5. The number of rotatable bonds is 11. The highest BCUT2D eigenvalue weighted by molar-refractivity contribution is 5.95. The van der Waals surface area contributed by atoms with Gasteiger partial charge in [-0.15, -0.1) is 0 Å². The summed E-state index contributed by atoms with van der Waals surface area (Å²) in [6.45, 7) is 6.70. The number of aliphatic hydroxyl groups excluding tert-OH is 3. The Morgan fingerprint density at radius 1 is 1.08 bits per heavy atom. The van der Waals surface area contributed by atoms with Gasteiger partial charge >= 0.3 is 5.97 Å². The Morgan fingerprint density at radius 2 is 1.86 bits per heavy atom. The molecule has 2 saturated heterocycles. The van der Waals surface area contributed by atoms with Crippen molar-refractivity contribution in [3.05, 3.63) is 83.1 Å². The Morgan fingerprint density at radius 3 is 2.58 bits per heavy atom. The van der Waals surface area contributed by atoms with Crippen LogP contribution >= 0.6 is 0 Å². The monoisotopic (exact) mass is 882 g/mol. The molecule has 0 radical (unpaired) electrons. The van der Waals surface area contributed by atoms with Gasteiger partial charge < -0.3 is 55.9 Å². The number of nitrogens with one attached hydrogen (secondary N) is 2. The van der Waals surface area contributed by atoms with Crippen molar-refractivity contribution in [3.63, 3.8) is 0 Å². The first-order valence-corrected chi connectivity index (χ1v) is 23.0. The molecule has 4 unspecified atom stereocenters. The second kappa shape index (κ2) is 16.2. The van der Waals surface area contributed by atoms with E-state index in [-0.39, 0.29) is 18.5 Å². The molecule has 1 aromatic heterocycles. The molecule has 1 saturated carbocycles. The summed E-state index contributed by atoms with van der Waals surface area (Å²) in [5.74, 6) is -0.900. The number of anilines is 1. The zero-order valence-electron chi connectivity index (χ0n) is 37.7. The van der Waals surface area contributed by atoms with E-state index in [0.29, 0.717) is 82.6 Å². The van der Waals surface area contributed by atoms with Crippen LogP contribution in [0.5, 0.6) is 5.75 Å². The van der Waals surface area contributed by atoms with Crippen LogP contribution in [0.2, 0.25) is 0 Å². The molecule has 15 nitrogen and oxygen atoms in total. The number of para-hydroxylation sites is 1. The minimum atomic E-state index is -2.36. The number of ether oxygens (including phenoxy) is 2. The summed E-state index contributed by atoms with van der Waals surface area (Å²) in [7, 11) is 4.86. The third-order valence-corrected chi connectivity index (χ3v) is 16.6. The van der Waals surface area contributed by atoms with Crippen molar-refractivity contribution in [2.24, 2.45) is 17.1 Å². The van der Waals surface area contributed by atoms with E-state index in [1.807, 2.05) is 62.2 Å². The van der Waals surface area contributed by atoms with Gasteiger partial charge in [-0.2, -0.15) is 0 Å². The summed E-state index contributed by atoms with van der Waals surface area (Å²) in [5.41, 5.74) is 3.85. The molecule has 12 atom stereocenters. The van der Waals surface area contributed by atoms with Gasteiger partial charge in [-0.3, -0.25) is 19.4 Å². The molecular formula is C49H66N6O9. The number of H-pyrrole nitrogens is 1. The van der Waals surface area contributed by atoms with Crippen LogP contribution in [0.15, 0.2) is 60.7 Å². The number of esters is 1. The summed E-state index contributed by atoms with van der Waals surface area (Å²) in [6.07, 6.45) is 7.23. The minimum Gasteiger partial charge on any atom is -0.496 e. The number of nitrogens with two attached hydrogens (primary N) is 1. The molecule has 64 heavy (non-hydrogen) atoms. The normalized spacial score (nSPS) is 36.3. The van der Waals surface area contributed by atoms with E-state index in [2.05, 4.69) is 32.2 Å². The molecule has 1 aliphatic carbocycles. The number of amides is 1. The molecule has 2 bridgehead atoms. The minimum absolute atomic E-state index is 0.0812. The van der Waals surface area contributed by atoms with Crippen molar-refractivity contribution in [2.75, 3.05) is 72.0 Å². The molecule has 6 heterocycles. The number of methoxy groups -OCH3 is 2. The Kier molecular flexibility index (Phi) is 11.4. The Labute approximate surface area is 374 Å². The fourth-order valence-electron chi connectivity index (χ4n) is 13.8. The number of fused-ring (bicyclic) bond motifs is 6. The number of aromatic nitrogens is 1. The number of carbonyl (C=O) groups is 2. The number of aromatic amines is 1. The maximum atomic E-state index is 15.4. The standard InChI is InChI=1S/C49H66N6O9/c1-6-45(61)24-29-25-48(44(60)64-5,39-31(15-20-54(26-29)28-45)30-12-8-9-13-35(30)52-39)33-22-32-36(23-38(33)63-4)53(3)41-47(32)17-21-55-19-11-16-46(7-2,40(47)55)42(58)49(41,62)43(59)51-18-10-14-37(57)34(50)27-56/h8-14,16,22-23,29,34,37,40-42,52,56-58,61-62H,6-7,15,17-21,24-28,50H2,1-5H3,(H,51,59)/b14-10+/t29?,34-,37+,40-,41+,42+,45-,46+,47?,48-,49?/m0/s1. The predicted molar refractivity (Wildman–Crippen MR) is 242 cm³/mol. The average Bonchev–Trinajstić information content (AvgIpc) is 3.97. The van der Waals surface area contributed by atoms with Crippen LogP contribution in [0.25, 0.3) is 10.9 Å². The Bertz CT molecular complexity index is 2370.